The van der Waals surface area contributed by atoms with Gasteiger partial charge in [-0.05, 0) is 32.3 Å². The van der Waals surface area contributed by atoms with Crippen molar-refractivity contribution in [3.8, 4) is 0 Å². The van der Waals surface area contributed by atoms with Crippen LogP contribution in [0.25, 0.3) is 0 Å². The van der Waals surface area contributed by atoms with Gasteiger partial charge in [-0.25, -0.2) is 0 Å². The van der Waals surface area contributed by atoms with Crippen molar-refractivity contribution in [3.63, 3.8) is 0 Å². The summed E-state index contributed by atoms with van der Waals surface area (Å²) in [7, 11) is 0. The zero-order valence-electron chi connectivity index (χ0n) is 12.1. The number of aryl methyl sites for hydroxylation is 3. The van der Waals surface area contributed by atoms with Gasteiger partial charge in [-0.15, -0.1) is 0 Å². The number of benzene rings is 1. The number of carbonyl (C=O) groups excluding carboxylic acids is 1. The number of amides is 1. The number of carbonyl (C=O) groups is 2. The third-order valence-electron chi connectivity index (χ3n) is 3.80. The number of likely N-dealkylation sites (tertiary alicyclic amines) is 1. The van der Waals surface area contributed by atoms with E-state index in [0.717, 1.165) is 6.42 Å². The molecule has 1 atom stereocenters. The number of hydrogen-bond donors (Lipinski definition) is 1. The maximum atomic E-state index is 12.1. The van der Waals surface area contributed by atoms with Gasteiger partial charge >= 0.3 is 5.97 Å². The molecule has 1 amide bonds. The Bertz CT molecular complexity index is 504. The Hall–Kier alpha value is -1.84. The van der Waals surface area contributed by atoms with Gasteiger partial charge in [0.25, 0.3) is 0 Å². The molecule has 20 heavy (non-hydrogen) atoms. The molecule has 1 heterocycles. The Morgan fingerprint density at radius 3 is 2.45 bits per heavy atom. The molecule has 4 heteroatoms. The molecule has 108 valence electrons. The molecule has 0 spiro atoms. The van der Waals surface area contributed by atoms with Gasteiger partial charge in [-0.2, -0.15) is 0 Å². The zero-order valence-corrected chi connectivity index (χ0v) is 12.1. The van der Waals surface area contributed by atoms with Gasteiger partial charge in [-0.1, -0.05) is 29.3 Å². The second kappa shape index (κ2) is 6.07. The van der Waals surface area contributed by atoms with Crippen molar-refractivity contribution in [1.82, 2.24) is 4.90 Å². The molecule has 1 saturated heterocycles. The van der Waals surface area contributed by atoms with Crippen molar-refractivity contribution in [3.05, 3.63) is 34.9 Å². The van der Waals surface area contributed by atoms with Gasteiger partial charge in [0.1, 0.15) is 0 Å². The van der Waals surface area contributed by atoms with E-state index in [2.05, 4.69) is 32.0 Å². The first-order valence-corrected chi connectivity index (χ1v) is 7.03. The lowest BCUT2D eigenvalue weighted by atomic mass is 10.0. The van der Waals surface area contributed by atoms with E-state index in [1.54, 1.807) is 4.90 Å². The second-order valence-electron chi connectivity index (χ2n) is 5.66. The van der Waals surface area contributed by atoms with Gasteiger partial charge in [0, 0.05) is 19.5 Å². The number of carboxylic acids is 1. The lowest BCUT2D eigenvalue weighted by molar-refractivity contribution is -0.141. The Balaban J connectivity index is 1.88. The summed E-state index contributed by atoms with van der Waals surface area (Å²) in [6, 6.07) is 6.32. The van der Waals surface area contributed by atoms with E-state index in [9.17, 15) is 9.59 Å². The van der Waals surface area contributed by atoms with Crippen LogP contribution in [0.2, 0.25) is 0 Å². The molecule has 0 aromatic heterocycles. The Kier molecular flexibility index (Phi) is 4.42. The second-order valence-corrected chi connectivity index (χ2v) is 5.66. The molecule has 1 unspecified atom stereocenters. The van der Waals surface area contributed by atoms with E-state index < -0.39 is 5.97 Å². The van der Waals surface area contributed by atoms with Crippen LogP contribution in [0.4, 0.5) is 0 Å². The fourth-order valence-corrected chi connectivity index (χ4v) is 2.81. The molecular formula is C16H21NO3. The van der Waals surface area contributed by atoms with Crippen molar-refractivity contribution in [2.24, 2.45) is 5.92 Å². The van der Waals surface area contributed by atoms with Gasteiger partial charge in [0.05, 0.1) is 5.92 Å². The van der Waals surface area contributed by atoms with Gasteiger partial charge in [0.15, 0.2) is 0 Å². The first-order valence-electron chi connectivity index (χ1n) is 7.03. The summed E-state index contributed by atoms with van der Waals surface area (Å²) in [5.74, 6) is -1.12. The van der Waals surface area contributed by atoms with Crippen molar-refractivity contribution < 1.29 is 14.7 Å². The minimum Gasteiger partial charge on any atom is -0.481 e. The van der Waals surface area contributed by atoms with Crippen LogP contribution in [0.3, 0.4) is 0 Å². The van der Waals surface area contributed by atoms with E-state index in [1.165, 1.54) is 16.7 Å². The Morgan fingerprint density at radius 1 is 1.25 bits per heavy atom. The van der Waals surface area contributed by atoms with Crippen LogP contribution in [-0.4, -0.2) is 35.0 Å². The molecule has 0 aliphatic carbocycles. The van der Waals surface area contributed by atoms with Crippen molar-refractivity contribution in [2.45, 2.75) is 33.1 Å². The predicted molar refractivity (Wildman–Crippen MR) is 76.6 cm³/mol. The maximum absolute atomic E-state index is 12.1. The highest BCUT2D eigenvalue weighted by Gasteiger charge is 2.30. The van der Waals surface area contributed by atoms with E-state index >= 15 is 0 Å². The Labute approximate surface area is 119 Å². The van der Waals surface area contributed by atoms with Crippen LogP contribution < -0.4 is 0 Å². The highest BCUT2D eigenvalue weighted by Crippen LogP contribution is 2.18. The molecule has 1 fully saturated rings. The van der Waals surface area contributed by atoms with Gasteiger partial charge < -0.3 is 10.0 Å². The lowest BCUT2D eigenvalue weighted by Gasteiger charge is -2.15. The molecule has 4 nitrogen and oxygen atoms in total. The monoisotopic (exact) mass is 275 g/mol. The highest BCUT2D eigenvalue weighted by atomic mass is 16.4. The van der Waals surface area contributed by atoms with E-state index in [0.29, 0.717) is 25.9 Å². The average molecular weight is 275 g/mol. The largest absolute Gasteiger partial charge is 0.481 e. The third-order valence-corrected chi connectivity index (χ3v) is 3.80. The van der Waals surface area contributed by atoms with E-state index in [4.69, 9.17) is 5.11 Å². The lowest BCUT2D eigenvalue weighted by Crippen LogP contribution is -2.30. The van der Waals surface area contributed by atoms with E-state index in [-0.39, 0.29) is 11.8 Å². The first-order chi connectivity index (χ1) is 9.45. The summed E-state index contributed by atoms with van der Waals surface area (Å²) in [5, 5.41) is 8.94. The molecule has 1 aliphatic heterocycles. The quantitative estimate of drug-likeness (QED) is 0.916. The molecule has 0 saturated carbocycles. The predicted octanol–water partition coefficient (Wildman–Crippen LogP) is 2.17. The average Bonchev–Trinajstić information content (AvgIpc) is 2.84. The molecule has 0 bridgehead atoms. The van der Waals surface area contributed by atoms with Crippen LogP contribution in [-0.2, 0) is 16.0 Å². The van der Waals surface area contributed by atoms with Crippen molar-refractivity contribution in [1.29, 1.82) is 0 Å². The summed E-state index contributed by atoms with van der Waals surface area (Å²) in [6.45, 7) is 5.04. The molecular weight excluding hydrogens is 254 g/mol. The van der Waals surface area contributed by atoms with Crippen LogP contribution in [0.15, 0.2) is 18.2 Å². The van der Waals surface area contributed by atoms with Crippen LogP contribution in [0.5, 0.6) is 0 Å². The summed E-state index contributed by atoms with van der Waals surface area (Å²) in [4.78, 5) is 24.7. The minimum absolute atomic E-state index is 0.0629. The van der Waals surface area contributed by atoms with Gasteiger partial charge in [-0.3, -0.25) is 9.59 Å². The molecule has 0 radical (unpaired) electrons. The summed E-state index contributed by atoms with van der Waals surface area (Å²) < 4.78 is 0. The van der Waals surface area contributed by atoms with Crippen molar-refractivity contribution in [2.75, 3.05) is 13.1 Å². The Morgan fingerprint density at radius 2 is 1.90 bits per heavy atom. The SMILES string of the molecule is Cc1cc(C)cc(CCC(=O)N2CCC(C(=O)O)C2)c1. The third kappa shape index (κ3) is 3.59. The van der Waals surface area contributed by atoms with E-state index in [1.807, 2.05) is 0 Å². The minimum atomic E-state index is -0.797. The number of carboxylic acid groups (broad SMARTS) is 1. The fraction of sp³-hybridized carbons (Fsp3) is 0.500. The fourth-order valence-electron chi connectivity index (χ4n) is 2.81. The molecule has 1 N–H and O–H groups in total. The molecule has 1 aromatic carbocycles. The number of rotatable bonds is 4. The topological polar surface area (TPSA) is 57.6 Å². The first kappa shape index (κ1) is 14.6. The number of hydrogen-bond acceptors (Lipinski definition) is 2. The normalized spacial score (nSPS) is 18.3. The standard InChI is InChI=1S/C16H21NO3/c1-11-7-12(2)9-13(8-11)3-4-15(18)17-6-5-14(10-17)16(19)20/h7-9,14H,3-6,10H2,1-2H3,(H,19,20). The zero-order chi connectivity index (χ0) is 14.7. The number of aliphatic carboxylic acids is 1. The number of nitrogens with zero attached hydrogens (tertiary/aromatic N) is 1. The molecule has 1 aliphatic rings. The summed E-state index contributed by atoms with van der Waals surface area (Å²) >= 11 is 0. The van der Waals surface area contributed by atoms with Crippen LogP contribution in [0, 0.1) is 19.8 Å². The van der Waals surface area contributed by atoms with Gasteiger partial charge in [0.2, 0.25) is 5.91 Å². The van der Waals surface area contributed by atoms with Crippen molar-refractivity contribution >= 4 is 11.9 Å². The summed E-state index contributed by atoms with van der Waals surface area (Å²) in [5.41, 5.74) is 3.59. The molecule has 1 aromatic rings. The van der Waals surface area contributed by atoms with Crippen LogP contribution >= 0.6 is 0 Å². The maximum Gasteiger partial charge on any atom is 0.308 e. The molecule has 2 rings (SSSR count). The summed E-state index contributed by atoms with van der Waals surface area (Å²) in [6.07, 6.45) is 1.75. The smallest absolute Gasteiger partial charge is 0.308 e. The van der Waals surface area contributed by atoms with Crippen LogP contribution in [0.1, 0.15) is 29.5 Å². The highest BCUT2D eigenvalue weighted by molar-refractivity contribution is 5.79.